The highest BCUT2D eigenvalue weighted by Gasteiger charge is 2.36. The van der Waals surface area contributed by atoms with Gasteiger partial charge in [0, 0.05) is 11.6 Å². The summed E-state index contributed by atoms with van der Waals surface area (Å²) in [6.45, 7) is 3.49. The zero-order chi connectivity index (χ0) is 26.2. The Bertz CT molecular complexity index is 1180. The predicted octanol–water partition coefficient (Wildman–Crippen LogP) is 5.71. The number of methoxy groups -OCH3 is 2. The van der Waals surface area contributed by atoms with E-state index in [9.17, 15) is 9.90 Å². The van der Waals surface area contributed by atoms with Gasteiger partial charge in [-0.3, -0.25) is 9.69 Å². The van der Waals surface area contributed by atoms with Crippen LogP contribution in [0.5, 0.6) is 23.0 Å². The zero-order valence-corrected chi connectivity index (χ0v) is 21.7. The van der Waals surface area contributed by atoms with E-state index in [1.54, 1.807) is 14.2 Å². The standard InChI is InChI=1S/C30H35NO6/c1-4-36-28-18-22(13-16-26(28)37-20-21-10-6-5-7-11-21)29(31-17-9-8-12-25(31)30(32)33)24-15-14-23(34-2)19-27(24)35-3/h5-7,10-11,13-16,18-19,25,29H,4,8-9,12,17,20H2,1-3H3,(H,32,33). The molecule has 0 spiro atoms. The van der Waals surface area contributed by atoms with Gasteiger partial charge in [-0.05, 0) is 61.7 Å². The van der Waals surface area contributed by atoms with E-state index < -0.39 is 12.0 Å². The summed E-state index contributed by atoms with van der Waals surface area (Å²) in [6.07, 6.45) is 2.41. The highest BCUT2D eigenvalue weighted by molar-refractivity contribution is 5.74. The van der Waals surface area contributed by atoms with E-state index in [4.69, 9.17) is 18.9 Å². The zero-order valence-electron chi connectivity index (χ0n) is 21.7. The number of piperidine rings is 1. The molecule has 0 radical (unpaired) electrons. The fourth-order valence-electron chi connectivity index (χ4n) is 4.94. The van der Waals surface area contributed by atoms with Crippen molar-refractivity contribution >= 4 is 5.97 Å². The van der Waals surface area contributed by atoms with Gasteiger partial charge in [0.2, 0.25) is 0 Å². The topological polar surface area (TPSA) is 77.5 Å². The van der Waals surface area contributed by atoms with E-state index in [0.717, 1.165) is 29.5 Å². The number of hydrogen-bond acceptors (Lipinski definition) is 6. The lowest BCUT2D eigenvalue weighted by atomic mass is 9.91. The van der Waals surface area contributed by atoms with Crippen LogP contribution in [0.2, 0.25) is 0 Å². The van der Waals surface area contributed by atoms with Crippen molar-refractivity contribution in [1.82, 2.24) is 4.90 Å². The number of carboxylic acids is 1. The Morgan fingerprint density at radius 2 is 1.76 bits per heavy atom. The van der Waals surface area contributed by atoms with Crippen LogP contribution >= 0.6 is 0 Å². The molecule has 0 aliphatic carbocycles. The van der Waals surface area contributed by atoms with Crippen molar-refractivity contribution in [2.24, 2.45) is 0 Å². The van der Waals surface area contributed by atoms with E-state index in [2.05, 4.69) is 4.90 Å². The first-order valence-electron chi connectivity index (χ1n) is 12.7. The van der Waals surface area contributed by atoms with Crippen molar-refractivity contribution in [3.63, 3.8) is 0 Å². The average molecular weight is 506 g/mol. The molecule has 7 nitrogen and oxygen atoms in total. The van der Waals surface area contributed by atoms with E-state index >= 15 is 0 Å². The number of hydrogen-bond donors (Lipinski definition) is 1. The van der Waals surface area contributed by atoms with Crippen LogP contribution in [-0.4, -0.2) is 49.4 Å². The van der Waals surface area contributed by atoms with Crippen LogP contribution in [-0.2, 0) is 11.4 Å². The fraction of sp³-hybridized carbons (Fsp3) is 0.367. The molecule has 2 atom stereocenters. The minimum atomic E-state index is -0.815. The summed E-state index contributed by atoms with van der Waals surface area (Å²) in [4.78, 5) is 14.4. The first kappa shape index (κ1) is 26.4. The molecule has 1 fully saturated rings. The van der Waals surface area contributed by atoms with Crippen molar-refractivity contribution in [2.45, 2.75) is 44.9 Å². The molecule has 3 aromatic rings. The van der Waals surface area contributed by atoms with Gasteiger partial charge in [-0.1, -0.05) is 42.8 Å². The van der Waals surface area contributed by atoms with Crippen LogP contribution in [0.3, 0.4) is 0 Å². The smallest absolute Gasteiger partial charge is 0.320 e. The largest absolute Gasteiger partial charge is 0.497 e. The molecule has 7 heteroatoms. The highest BCUT2D eigenvalue weighted by Crippen LogP contribution is 2.42. The first-order valence-corrected chi connectivity index (χ1v) is 12.7. The van der Waals surface area contributed by atoms with Gasteiger partial charge in [0.05, 0.1) is 26.9 Å². The Hall–Kier alpha value is -3.71. The van der Waals surface area contributed by atoms with E-state index in [0.29, 0.717) is 49.2 Å². The molecule has 0 saturated carbocycles. The summed E-state index contributed by atoms with van der Waals surface area (Å²) in [5, 5.41) is 10.1. The minimum Gasteiger partial charge on any atom is -0.497 e. The van der Waals surface area contributed by atoms with Gasteiger partial charge < -0.3 is 24.1 Å². The van der Waals surface area contributed by atoms with Crippen LogP contribution in [0.15, 0.2) is 66.7 Å². The van der Waals surface area contributed by atoms with Gasteiger partial charge in [-0.2, -0.15) is 0 Å². The third-order valence-corrected chi connectivity index (χ3v) is 6.72. The molecule has 4 rings (SSSR count). The molecule has 196 valence electrons. The maximum atomic E-state index is 12.3. The summed E-state index contributed by atoms with van der Waals surface area (Å²) in [7, 11) is 3.23. The van der Waals surface area contributed by atoms with Crippen LogP contribution in [0, 0.1) is 0 Å². The van der Waals surface area contributed by atoms with Gasteiger partial charge in [0.25, 0.3) is 0 Å². The lowest BCUT2D eigenvalue weighted by Gasteiger charge is -2.40. The van der Waals surface area contributed by atoms with Gasteiger partial charge in [0.15, 0.2) is 11.5 Å². The molecule has 3 aromatic carbocycles. The number of rotatable bonds is 11. The number of ether oxygens (including phenoxy) is 4. The second-order valence-corrected chi connectivity index (χ2v) is 9.01. The number of likely N-dealkylation sites (tertiary alicyclic amines) is 1. The Morgan fingerprint density at radius 3 is 2.46 bits per heavy atom. The van der Waals surface area contributed by atoms with Crippen molar-refractivity contribution in [3.8, 4) is 23.0 Å². The summed E-state index contributed by atoms with van der Waals surface area (Å²) < 4.78 is 23.3. The van der Waals surface area contributed by atoms with E-state index in [1.807, 2.05) is 73.7 Å². The van der Waals surface area contributed by atoms with Crippen LogP contribution in [0.25, 0.3) is 0 Å². The molecular weight excluding hydrogens is 470 g/mol. The third kappa shape index (κ3) is 6.17. The van der Waals surface area contributed by atoms with Crippen molar-refractivity contribution in [1.29, 1.82) is 0 Å². The molecular formula is C30H35NO6. The Balaban J connectivity index is 1.77. The second-order valence-electron chi connectivity index (χ2n) is 9.01. The normalized spacial score (nSPS) is 16.6. The Labute approximate surface area is 218 Å². The summed E-state index contributed by atoms with van der Waals surface area (Å²) in [5.41, 5.74) is 2.84. The molecule has 0 aromatic heterocycles. The SMILES string of the molecule is CCOc1cc(C(c2ccc(OC)cc2OC)N2CCCCC2C(=O)O)ccc1OCc1ccccc1. The quantitative estimate of drug-likeness (QED) is 0.358. The average Bonchev–Trinajstić information content (AvgIpc) is 2.93. The number of aliphatic carboxylic acids is 1. The van der Waals surface area contributed by atoms with Crippen molar-refractivity contribution in [2.75, 3.05) is 27.4 Å². The van der Waals surface area contributed by atoms with Crippen molar-refractivity contribution < 1.29 is 28.8 Å². The number of benzene rings is 3. The van der Waals surface area contributed by atoms with Crippen molar-refractivity contribution in [3.05, 3.63) is 83.4 Å². The molecule has 1 aliphatic heterocycles. The third-order valence-electron chi connectivity index (χ3n) is 6.72. The van der Waals surface area contributed by atoms with Crippen LogP contribution in [0.4, 0.5) is 0 Å². The highest BCUT2D eigenvalue weighted by atomic mass is 16.5. The molecule has 37 heavy (non-hydrogen) atoms. The number of nitrogens with zero attached hydrogens (tertiary/aromatic N) is 1. The number of carbonyl (C=O) groups is 1. The second kappa shape index (κ2) is 12.5. The molecule has 1 heterocycles. The summed E-state index contributed by atoms with van der Waals surface area (Å²) in [5.74, 6) is 1.76. The minimum absolute atomic E-state index is 0.357. The van der Waals surface area contributed by atoms with Gasteiger partial charge in [-0.15, -0.1) is 0 Å². The lowest BCUT2D eigenvalue weighted by molar-refractivity contribution is -0.145. The molecule has 2 unspecified atom stereocenters. The molecule has 0 bridgehead atoms. The Kier molecular flexibility index (Phi) is 8.90. The van der Waals surface area contributed by atoms with Gasteiger partial charge in [0.1, 0.15) is 24.1 Å². The van der Waals surface area contributed by atoms with Gasteiger partial charge in [-0.25, -0.2) is 0 Å². The maximum absolute atomic E-state index is 12.3. The number of carboxylic acid groups (broad SMARTS) is 1. The van der Waals surface area contributed by atoms with Gasteiger partial charge >= 0.3 is 5.97 Å². The molecule has 0 amide bonds. The van der Waals surface area contributed by atoms with E-state index in [1.165, 1.54) is 0 Å². The summed E-state index contributed by atoms with van der Waals surface area (Å²) in [6, 6.07) is 20.5. The lowest BCUT2D eigenvalue weighted by Crippen LogP contribution is -2.46. The predicted molar refractivity (Wildman–Crippen MR) is 142 cm³/mol. The monoisotopic (exact) mass is 505 g/mol. The summed E-state index contributed by atoms with van der Waals surface area (Å²) >= 11 is 0. The molecule has 1 aliphatic rings. The molecule has 1 saturated heterocycles. The maximum Gasteiger partial charge on any atom is 0.320 e. The van der Waals surface area contributed by atoms with Crippen LogP contribution in [0.1, 0.15) is 48.9 Å². The Morgan fingerprint density at radius 1 is 0.946 bits per heavy atom. The van der Waals surface area contributed by atoms with E-state index in [-0.39, 0.29) is 6.04 Å². The first-order chi connectivity index (χ1) is 18.0. The van der Waals surface area contributed by atoms with Crippen LogP contribution < -0.4 is 18.9 Å². The fourth-order valence-corrected chi connectivity index (χ4v) is 4.94. The molecule has 1 N–H and O–H groups in total.